The average Bonchev–Trinajstić information content (AvgIpc) is 2.63. The SMILES string of the molecule is COc1ccc(C(=O)COC(=O)/C=C/c2cccc(Br)c2)cc1OC. The second-order valence-corrected chi connectivity index (χ2v) is 5.90. The van der Waals surface area contributed by atoms with Crippen molar-refractivity contribution in [1.82, 2.24) is 0 Å². The third-order valence-corrected chi connectivity index (χ3v) is 3.80. The van der Waals surface area contributed by atoms with Gasteiger partial charge in [0.2, 0.25) is 0 Å². The van der Waals surface area contributed by atoms with Gasteiger partial charge in [-0.15, -0.1) is 0 Å². The third kappa shape index (κ3) is 5.46. The lowest BCUT2D eigenvalue weighted by Crippen LogP contribution is -2.12. The van der Waals surface area contributed by atoms with Gasteiger partial charge in [-0.25, -0.2) is 4.79 Å². The van der Waals surface area contributed by atoms with Crippen molar-refractivity contribution in [2.45, 2.75) is 0 Å². The fourth-order valence-corrected chi connectivity index (χ4v) is 2.47. The Balaban J connectivity index is 1.94. The van der Waals surface area contributed by atoms with Crippen molar-refractivity contribution in [3.8, 4) is 11.5 Å². The molecule has 0 aliphatic heterocycles. The first-order valence-electron chi connectivity index (χ1n) is 7.39. The molecule has 5 nitrogen and oxygen atoms in total. The number of methoxy groups -OCH3 is 2. The van der Waals surface area contributed by atoms with Gasteiger partial charge in [0.1, 0.15) is 0 Å². The number of Topliss-reactive ketones (excluding diaryl/α,β-unsaturated/α-hetero) is 1. The Morgan fingerprint density at radius 2 is 1.80 bits per heavy atom. The van der Waals surface area contributed by atoms with E-state index >= 15 is 0 Å². The van der Waals surface area contributed by atoms with Crippen molar-refractivity contribution in [3.63, 3.8) is 0 Å². The molecule has 0 aliphatic rings. The summed E-state index contributed by atoms with van der Waals surface area (Å²) < 4.78 is 16.2. The van der Waals surface area contributed by atoms with Crippen molar-refractivity contribution in [1.29, 1.82) is 0 Å². The maximum absolute atomic E-state index is 12.1. The van der Waals surface area contributed by atoms with E-state index in [0.29, 0.717) is 17.1 Å². The van der Waals surface area contributed by atoms with Crippen LogP contribution in [0, 0.1) is 0 Å². The minimum atomic E-state index is -0.589. The normalized spacial score (nSPS) is 10.5. The van der Waals surface area contributed by atoms with E-state index in [9.17, 15) is 9.59 Å². The predicted octanol–water partition coefficient (Wildman–Crippen LogP) is 3.91. The van der Waals surface area contributed by atoms with Crippen LogP contribution in [0.25, 0.3) is 6.08 Å². The van der Waals surface area contributed by atoms with Crippen molar-refractivity contribution in [2.75, 3.05) is 20.8 Å². The van der Waals surface area contributed by atoms with Crippen LogP contribution >= 0.6 is 15.9 Å². The Hall–Kier alpha value is -2.60. The van der Waals surface area contributed by atoms with Crippen molar-refractivity contribution in [3.05, 3.63) is 64.1 Å². The Kier molecular flexibility index (Phi) is 6.77. The van der Waals surface area contributed by atoms with Crippen LogP contribution in [0.15, 0.2) is 53.0 Å². The number of ether oxygens (including phenoxy) is 3. The fourth-order valence-electron chi connectivity index (χ4n) is 2.05. The lowest BCUT2D eigenvalue weighted by Gasteiger charge is -2.09. The van der Waals surface area contributed by atoms with E-state index in [2.05, 4.69) is 15.9 Å². The van der Waals surface area contributed by atoms with Crippen LogP contribution in [-0.2, 0) is 9.53 Å². The van der Waals surface area contributed by atoms with E-state index in [-0.39, 0.29) is 12.4 Å². The number of halogens is 1. The average molecular weight is 405 g/mol. The van der Waals surface area contributed by atoms with Crippen molar-refractivity contribution in [2.24, 2.45) is 0 Å². The summed E-state index contributed by atoms with van der Waals surface area (Å²) >= 11 is 3.35. The molecule has 0 unspecified atom stereocenters. The summed E-state index contributed by atoms with van der Waals surface area (Å²) in [6, 6.07) is 12.2. The fraction of sp³-hybridized carbons (Fsp3) is 0.158. The molecule has 0 bridgehead atoms. The van der Waals surface area contributed by atoms with Gasteiger partial charge in [0.15, 0.2) is 23.9 Å². The van der Waals surface area contributed by atoms with Crippen LogP contribution in [0.5, 0.6) is 11.5 Å². The molecule has 2 rings (SSSR count). The molecule has 0 spiro atoms. The van der Waals surface area contributed by atoms with Gasteiger partial charge in [-0.1, -0.05) is 28.1 Å². The second kappa shape index (κ2) is 9.03. The number of esters is 1. The van der Waals surface area contributed by atoms with Gasteiger partial charge >= 0.3 is 5.97 Å². The monoisotopic (exact) mass is 404 g/mol. The molecule has 2 aromatic carbocycles. The standard InChI is InChI=1S/C19H17BrO5/c1-23-17-8-7-14(11-18(17)24-2)16(21)12-25-19(22)9-6-13-4-3-5-15(20)10-13/h3-11H,12H2,1-2H3/b9-6+. The van der Waals surface area contributed by atoms with Gasteiger partial charge < -0.3 is 14.2 Å². The van der Waals surface area contributed by atoms with Crippen LogP contribution in [0.3, 0.4) is 0 Å². The smallest absolute Gasteiger partial charge is 0.331 e. The first-order chi connectivity index (χ1) is 12.0. The van der Waals surface area contributed by atoms with Gasteiger partial charge in [0.25, 0.3) is 0 Å². The molecule has 0 heterocycles. The number of carbonyl (C=O) groups excluding carboxylic acids is 2. The molecular formula is C19H17BrO5. The Morgan fingerprint density at radius 1 is 1.04 bits per heavy atom. The number of hydrogen-bond acceptors (Lipinski definition) is 5. The van der Waals surface area contributed by atoms with Gasteiger partial charge in [0.05, 0.1) is 14.2 Å². The summed E-state index contributed by atoms with van der Waals surface area (Å²) in [6.07, 6.45) is 2.90. The van der Waals surface area contributed by atoms with E-state index in [1.807, 2.05) is 24.3 Å². The number of rotatable bonds is 7. The largest absolute Gasteiger partial charge is 0.493 e. The third-order valence-electron chi connectivity index (χ3n) is 3.31. The van der Waals surface area contributed by atoms with Crippen LogP contribution in [0.2, 0.25) is 0 Å². The van der Waals surface area contributed by atoms with E-state index in [1.54, 1.807) is 24.3 Å². The second-order valence-electron chi connectivity index (χ2n) is 4.99. The molecule has 6 heteroatoms. The summed E-state index contributed by atoms with van der Waals surface area (Å²) in [5.74, 6) is 0.0428. The number of benzene rings is 2. The summed E-state index contributed by atoms with van der Waals surface area (Å²) in [6.45, 7) is -0.350. The highest BCUT2D eigenvalue weighted by Crippen LogP contribution is 2.27. The van der Waals surface area contributed by atoms with E-state index < -0.39 is 5.97 Å². The molecule has 0 atom stereocenters. The minimum Gasteiger partial charge on any atom is -0.493 e. The zero-order chi connectivity index (χ0) is 18.2. The lowest BCUT2D eigenvalue weighted by molar-refractivity contribution is -0.136. The summed E-state index contributed by atoms with van der Waals surface area (Å²) in [5, 5.41) is 0. The molecule has 0 saturated heterocycles. The molecule has 130 valence electrons. The van der Waals surface area contributed by atoms with Crippen LogP contribution in [0.4, 0.5) is 0 Å². The Morgan fingerprint density at radius 3 is 2.48 bits per heavy atom. The number of ketones is 1. The lowest BCUT2D eigenvalue weighted by atomic mass is 10.1. The first kappa shape index (κ1) is 18.7. The molecule has 0 N–H and O–H groups in total. The summed E-state index contributed by atoms with van der Waals surface area (Å²) in [5.41, 5.74) is 1.22. The summed E-state index contributed by atoms with van der Waals surface area (Å²) in [7, 11) is 3.00. The van der Waals surface area contributed by atoms with Crippen LogP contribution < -0.4 is 9.47 Å². The van der Waals surface area contributed by atoms with Crippen LogP contribution in [-0.4, -0.2) is 32.6 Å². The maximum Gasteiger partial charge on any atom is 0.331 e. The zero-order valence-electron chi connectivity index (χ0n) is 13.8. The van der Waals surface area contributed by atoms with Gasteiger partial charge in [-0.2, -0.15) is 0 Å². The molecular weight excluding hydrogens is 388 g/mol. The zero-order valence-corrected chi connectivity index (χ0v) is 15.4. The molecule has 25 heavy (non-hydrogen) atoms. The number of carbonyl (C=O) groups is 2. The molecule has 0 fully saturated rings. The first-order valence-corrected chi connectivity index (χ1v) is 8.18. The Bertz CT molecular complexity index is 798. The van der Waals surface area contributed by atoms with Gasteiger partial charge in [-0.3, -0.25) is 4.79 Å². The molecule has 0 aliphatic carbocycles. The molecule has 0 aromatic heterocycles. The van der Waals surface area contributed by atoms with Crippen molar-refractivity contribution >= 4 is 33.8 Å². The highest BCUT2D eigenvalue weighted by molar-refractivity contribution is 9.10. The van der Waals surface area contributed by atoms with E-state index in [1.165, 1.54) is 20.3 Å². The molecule has 0 saturated carbocycles. The quantitative estimate of drug-likeness (QED) is 0.397. The number of hydrogen-bond donors (Lipinski definition) is 0. The molecule has 0 amide bonds. The van der Waals surface area contributed by atoms with E-state index in [4.69, 9.17) is 14.2 Å². The predicted molar refractivity (Wildman–Crippen MR) is 98.0 cm³/mol. The van der Waals surface area contributed by atoms with Crippen LogP contribution in [0.1, 0.15) is 15.9 Å². The highest BCUT2D eigenvalue weighted by Gasteiger charge is 2.12. The van der Waals surface area contributed by atoms with E-state index in [0.717, 1.165) is 10.0 Å². The maximum atomic E-state index is 12.1. The van der Waals surface area contributed by atoms with Gasteiger partial charge in [0, 0.05) is 16.1 Å². The Labute approximate surface area is 154 Å². The van der Waals surface area contributed by atoms with Gasteiger partial charge in [-0.05, 0) is 42.0 Å². The van der Waals surface area contributed by atoms with Crippen molar-refractivity contribution < 1.29 is 23.8 Å². The summed E-state index contributed by atoms with van der Waals surface area (Å²) in [4.78, 5) is 23.9. The minimum absolute atomic E-state index is 0.329. The molecule has 2 aromatic rings. The highest BCUT2D eigenvalue weighted by atomic mass is 79.9. The topological polar surface area (TPSA) is 61.8 Å². The molecule has 0 radical (unpaired) electrons.